The van der Waals surface area contributed by atoms with Gasteiger partial charge in [0.1, 0.15) is 5.75 Å². The predicted molar refractivity (Wildman–Crippen MR) is 122 cm³/mol. The molecule has 1 N–H and O–H groups in total. The Morgan fingerprint density at radius 3 is 2.55 bits per heavy atom. The molecule has 156 valence electrons. The molecule has 2 fully saturated rings. The van der Waals surface area contributed by atoms with Crippen LogP contribution in [0, 0.1) is 0 Å². The first-order valence-corrected chi connectivity index (χ1v) is 11.9. The largest absolute Gasteiger partial charge is 0.497 e. The molecule has 1 saturated carbocycles. The van der Waals surface area contributed by atoms with Gasteiger partial charge in [0.2, 0.25) is 5.91 Å². The van der Waals surface area contributed by atoms with Crippen molar-refractivity contribution in [2.24, 2.45) is 0 Å². The van der Waals surface area contributed by atoms with E-state index in [4.69, 9.17) is 4.74 Å². The summed E-state index contributed by atoms with van der Waals surface area (Å²) in [5.41, 5.74) is 1.24. The lowest BCUT2D eigenvalue weighted by Gasteiger charge is -2.43. The third-order valence-corrected chi connectivity index (χ3v) is 7.72. The molecule has 0 unspecified atom stereocenters. The summed E-state index contributed by atoms with van der Waals surface area (Å²) in [4.78, 5) is 15.7. The van der Waals surface area contributed by atoms with Crippen LogP contribution in [0.3, 0.4) is 0 Å². The molecule has 1 heterocycles. The van der Waals surface area contributed by atoms with Crippen molar-refractivity contribution < 1.29 is 9.53 Å². The van der Waals surface area contributed by atoms with E-state index in [1.165, 1.54) is 37.2 Å². The Bertz CT molecular complexity index is 857. The number of rotatable bonds is 6. The highest BCUT2D eigenvalue weighted by Crippen LogP contribution is 2.36. The summed E-state index contributed by atoms with van der Waals surface area (Å²) >= 11 is 2.05. The summed E-state index contributed by atoms with van der Waals surface area (Å²) in [5.74, 6) is 3.27. The Morgan fingerprint density at radius 1 is 1.14 bits per heavy atom. The van der Waals surface area contributed by atoms with Crippen molar-refractivity contribution in [2.75, 3.05) is 38.2 Å². The van der Waals surface area contributed by atoms with E-state index in [2.05, 4.69) is 34.5 Å². The van der Waals surface area contributed by atoms with Gasteiger partial charge in [-0.25, -0.2) is 0 Å². The molecule has 4 nitrogen and oxygen atoms in total. The minimum Gasteiger partial charge on any atom is -0.497 e. The quantitative estimate of drug-likeness (QED) is 0.762. The van der Waals surface area contributed by atoms with Gasteiger partial charge in [-0.15, -0.1) is 0 Å². The Balaban J connectivity index is 1.44. The van der Waals surface area contributed by atoms with Gasteiger partial charge in [0.05, 0.1) is 13.0 Å². The van der Waals surface area contributed by atoms with Crippen molar-refractivity contribution in [3.8, 4) is 5.75 Å². The molecule has 1 aliphatic heterocycles. The zero-order valence-electron chi connectivity index (χ0n) is 17.6. The molecule has 2 aromatic rings. The van der Waals surface area contributed by atoms with Crippen LogP contribution in [-0.4, -0.2) is 54.6 Å². The molecule has 29 heavy (non-hydrogen) atoms. The van der Waals surface area contributed by atoms with Crippen LogP contribution in [0.5, 0.6) is 5.75 Å². The highest BCUT2D eigenvalue weighted by Gasteiger charge is 2.40. The molecule has 1 saturated heterocycles. The van der Waals surface area contributed by atoms with Gasteiger partial charge in [0.25, 0.3) is 0 Å². The summed E-state index contributed by atoms with van der Waals surface area (Å²) < 4.78 is 5.31. The number of benzene rings is 2. The second kappa shape index (κ2) is 8.97. The summed E-state index contributed by atoms with van der Waals surface area (Å²) in [7, 11) is 1.68. The molecule has 1 amide bonds. The van der Waals surface area contributed by atoms with E-state index < -0.39 is 0 Å². The summed E-state index contributed by atoms with van der Waals surface area (Å²) in [5, 5.41) is 5.59. The van der Waals surface area contributed by atoms with Gasteiger partial charge < -0.3 is 10.1 Å². The number of ether oxygens (including phenoxy) is 1. The second-order valence-corrected chi connectivity index (χ2v) is 9.67. The first-order valence-electron chi connectivity index (χ1n) is 10.8. The van der Waals surface area contributed by atoms with Crippen LogP contribution in [-0.2, 0) is 4.79 Å². The minimum absolute atomic E-state index is 0.135. The average molecular weight is 413 g/mol. The molecular formula is C24H32N2O2S. The lowest BCUT2D eigenvalue weighted by molar-refractivity contribution is -0.122. The molecule has 1 aliphatic carbocycles. The highest BCUT2D eigenvalue weighted by molar-refractivity contribution is 7.99. The number of fused-ring (bicyclic) bond motifs is 1. The standard InChI is InChI=1S/C24H32N2O2S/c1-18(19-5-6-21-16-22(28-2)8-7-20(21)15-19)23(27)25-17-24(9-3-4-10-24)26-11-13-29-14-12-26/h5-8,15-16,18H,3-4,9-14,17H2,1-2H3,(H,25,27)/t18-/m0/s1. The van der Waals surface area contributed by atoms with Crippen molar-refractivity contribution >= 4 is 28.4 Å². The number of hydrogen-bond donors (Lipinski definition) is 1. The fourth-order valence-electron chi connectivity index (χ4n) is 4.87. The van der Waals surface area contributed by atoms with Gasteiger partial charge in [-0.2, -0.15) is 11.8 Å². The number of carbonyl (C=O) groups excluding carboxylic acids is 1. The van der Waals surface area contributed by atoms with Crippen LogP contribution in [0.4, 0.5) is 0 Å². The average Bonchev–Trinajstić information content (AvgIpc) is 3.27. The Morgan fingerprint density at radius 2 is 1.83 bits per heavy atom. The third kappa shape index (κ3) is 4.41. The van der Waals surface area contributed by atoms with Crippen LogP contribution in [0.1, 0.15) is 44.1 Å². The van der Waals surface area contributed by atoms with Crippen LogP contribution in [0.15, 0.2) is 36.4 Å². The van der Waals surface area contributed by atoms with E-state index in [0.717, 1.165) is 41.7 Å². The number of thioether (sulfide) groups is 1. The fourth-order valence-corrected chi connectivity index (χ4v) is 5.77. The Kier molecular flexibility index (Phi) is 6.35. The molecule has 2 aliphatic rings. The smallest absolute Gasteiger partial charge is 0.227 e. The lowest BCUT2D eigenvalue weighted by Crippen LogP contribution is -2.56. The second-order valence-electron chi connectivity index (χ2n) is 8.44. The molecule has 0 spiro atoms. The monoisotopic (exact) mass is 412 g/mol. The lowest BCUT2D eigenvalue weighted by atomic mass is 9.93. The van der Waals surface area contributed by atoms with Crippen LogP contribution < -0.4 is 10.1 Å². The van der Waals surface area contributed by atoms with E-state index in [1.807, 2.05) is 30.8 Å². The maximum absolute atomic E-state index is 13.0. The number of amides is 1. The number of nitrogens with zero attached hydrogens (tertiary/aromatic N) is 1. The maximum Gasteiger partial charge on any atom is 0.227 e. The maximum atomic E-state index is 13.0. The van der Waals surface area contributed by atoms with E-state index in [0.29, 0.717) is 0 Å². The first-order chi connectivity index (χ1) is 14.1. The summed E-state index contributed by atoms with van der Waals surface area (Å²) in [6, 6.07) is 12.3. The van der Waals surface area contributed by atoms with Crippen LogP contribution in [0.25, 0.3) is 10.8 Å². The van der Waals surface area contributed by atoms with Crippen LogP contribution in [0.2, 0.25) is 0 Å². The van der Waals surface area contributed by atoms with Crippen LogP contribution >= 0.6 is 11.8 Å². The molecule has 1 atom stereocenters. The predicted octanol–water partition coefficient (Wildman–Crippen LogP) is 4.43. The van der Waals surface area contributed by atoms with Gasteiger partial charge in [0.15, 0.2) is 0 Å². The van der Waals surface area contributed by atoms with Crippen molar-refractivity contribution in [2.45, 2.75) is 44.1 Å². The van der Waals surface area contributed by atoms with Crippen molar-refractivity contribution in [3.63, 3.8) is 0 Å². The minimum atomic E-state index is -0.156. The van der Waals surface area contributed by atoms with Crippen molar-refractivity contribution in [1.82, 2.24) is 10.2 Å². The molecule has 0 radical (unpaired) electrons. The topological polar surface area (TPSA) is 41.6 Å². The fraction of sp³-hybridized carbons (Fsp3) is 0.542. The Labute approximate surface area is 178 Å². The van der Waals surface area contributed by atoms with E-state index in [1.54, 1.807) is 7.11 Å². The molecule has 0 bridgehead atoms. The SMILES string of the molecule is COc1ccc2cc([C@H](C)C(=O)NCC3(N4CCSCC4)CCCC3)ccc2c1. The Hall–Kier alpha value is -1.72. The molecule has 2 aromatic carbocycles. The molecule has 5 heteroatoms. The van der Waals surface area contributed by atoms with Crippen molar-refractivity contribution in [1.29, 1.82) is 0 Å². The van der Waals surface area contributed by atoms with Gasteiger partial charge in [0, 0.05) is 36.7 Å². The number of methoxy groups -OCH3 is 1. The molecule has 4 rings (SSSR count). The van der Waals surface area contributed by atoms with Crippen molar-refractivity contribution in [3.05, 3.63) is 42.0 Å². The number of nitrogens with one attached hydrogen (secondary N) is 1. The van der Waals surface area contributed by atoms with Gasteiger partial charge in [-0.1, -0.05) is 37.1 Å². The highest BCUT2D eigenvalue weighted by atomic mass is 32.2. The van der Waals surface area contributed by atoms with E-state index in [-0.39, 0.29) is 17.4 Å². The van der Waals surface area contributed by atoms with E-state index >= 15 is 0 Å². The summed E-state index contributed by atoms with van der Waals surface area (Å²) in [6.07, 6.45) is 4.99. The summed E-state index contributed by atoms with van der Waals surface area (Å²) in [6.45, 7) is 5.11. The number of hydrogen-bond acceptors (Lipinski definition) is 4. The normalized spacial score (nSPS) is 20.5. The van der Waals surface area contributed by atoms with Gasteiger partial charge in [-0.3, -0.25) is 9.69 Å². The third-order valence-electron chi connectivity index (χ3n) is 6.77. The number of carbonyl (C=O) groups is 1. The van der Waals surface area contributed by atoms with Gasteiger partial charge >= 0.3 is 0 Å². The first kappa shape index (κ1) is 20.5. The molecular weight excluding hydrogens is 380 g/mol. The van der Waals surface area contributed by atoms with Gasteiger partial charge in [-0.05, 0) is 48.2 Å². The molecule has 0 aromatic heterocycles. The zero-order valence-corrected chi connectivity index (χ0v) is 18.4. The zero-order chi connectivity index (χ0) is 20.3. The van der Waals surface area contributed by atoms with E-state index in [9.17, 15) is 4.79 Å².